The van der Waals surface area contributed by atoms with Crippen molar-refractivity contribution in [1.29, 1.82) is 0 Å². The molecular weight excluding hydrogens is 446 g/mol. The zero-order chi connectivity index (χ0) is 24.5. The first kappa shape index (κ1) is 22.9. The normalized spacial score (nSPS) is 21.6. The van der Waals surface area contributed by atoms with Gasteiger partial charge in [-0.2, -0.15) is 0 Å². The molecule has 2 unspecified atom stereocenters. The number of hydrogen-bond donors (Lipinski definition) is 1. The molecule has 0 spiro atoms. The predicted octanol–water partition coefficient (Wildman–Crippen LogP) is 4.46. The number of rotatable bonds is 6. The Morgan fingerprint density at radius 2 is 1.69 bits per heavy atom. The Labute approximate surface area is 203 Å². The summed E-state index contributed by atoms with van der Waals surface area (Å²) in [6, 6.07) is 17.9. The number of benzene rings is 3. The number of carbonyl (C=O) groups is 2. The predicted molar refractivity (Wildman–Crippen MR) is 131 cm³/mol. The van der Waals surface area contributed by atoms with Crippen molar-refractivity contribution in [2.75, 3.05) is 27.4 Å². The van der Waals surface area contributed by atoms with Crippen LogP contribution < -0.4 is 9.47 Å². The SMILES string of the molecule is COc1cccc(OC)c1/C(O)=C1\C(=O)C(=O)N(CC2CCCO2)C1c1cccc2ccccc12. The molecule has 2 heterocycles. The lowest BCUT2D eigenvalue weighted by Gasteiger charge is -2.28. The number of methoxy groups -OCH3 is 2. The van der Waals surface area contributed by atoms with Crippen LogP contribution in [0.25, 0.3) is 16.5 Å². The molecule has 0 saturated carbocycles. The molecule has 35 heavy (non-hydrogen) atoms. The number of hydrogen-bond acceptors (Lipinski definition) is 6. The van der Waals surface area contributed by atoms with Crippen molar-refractivity contribution < 1.29 is 28.9 Å². The van der Waals surface area contributed by atoms with Gasteiger partial charge in [-0.05, 0) is 41.3 Å². The van der Waals surface area contributed by atoms with Gasteiger partial charge in [0.05, 0.1) is 31.9 Å². The summed E-state index contributed by atoms with van der Waals surface area (Å²) in [5, 5.41) is 13.5. The molecule has 0 aromatic heterocycles. The van der Waals surface area contributed by atoms with Crippen LogP contribution in [0, 0.1) is 0 Å². The Bertz CT molecular complexity index is 1300. The second-order valence-corrected chi connectivity index (χ2v) is 8.69. The molecule has 1 amide bonds. The van der Waals surface area contributed by atoms with E-state index in [1.54, 1.807) is 18.2 Å². The van der Waals surface area contributed by atoms with Crippen molar-refractivity contribution >= 4 is 28.2 Å². The molecule has 7 nitrogen and oxygen atoms in total. The fourth-order valence-electron chi connectivity index (χ4n) is 5.11. The van der Waals surface area contributed by atoms with Crippen LogP contribution in [0.4, 0.5) is 0 Å². The lowest BCUT2D eigenvalue weighted by atomic mass is 9.91. The summed E-state index contributed by atoms with van der Waals surface area (Å²) in [7, 11) is 2.95. The zero-order valence-electron chi connectivity index (χ0n) is 19.7. The van der Waals surface area contributed by atoms with Gasteiger partial charge < -0.3 is 24.2 Å². The van der Waals surface area contributed by atoms with Gasteiger partial charge in [0.2, 0.25) is 0 Å². The van der Waals surface area contributed by atoms with Crippen molar-refractivity contribution in [2.24, 2.45) is 0 Å². The summed E-state index contributed by atoms with van der Waals surface area (Å²) in [5.41, 5.74) is 1.00. The number of amides is 1. The fraction of sp³-hybridized carbons (Fsp3) is 0.286. The quantitative estimate of drug-likeness (QED) is 0.323. The molecule has 3 aromatic rings. The van der Waals surface area contributed by atoms with Gasteiger partial charge in [-0.3, -0.25) is 9.59 Å². The zero-order valence-corrected chi connectivity index (χ0v) is 19.7. The average Bonchev–Trinajstić information content (AvgIpc) is 3.49. The van der Waals surface area contributed by atoms with Crippen LogP contribution in [-0.2, 0) is 14.3 Å². The van der Waals surface area contributed by atoms with Crippen LogP contribution in [0.3, 0.4) is 0 Å². The summed E-state index contributed by atoms with van der Waals surface area (Å²) >= 11 is 0. The van der Waals surface area contributed by atoms with E-state index in [2.05, 4.69) is 0 Å². The van der Waals surface area contributed by atoms with Gasteiger partial charge in [-0.25, -0.2) is 0 Å². The summed E-state index contributed by atoms with van der Waals surface area (Å²) in [6.45, 7) is 0.893. The van der Waals surface area contributed by atoms with E-state index in [0.29, 0.717) is 18.1 Å². The Kier molecular flexibility index (Phi) is 6.17. The maximum atomic E-state index is 13.5. The number of likely N-dealkylation sites (tertiary alicyclic amines) is 1. The Balaban J connectivity index is 1.76. The monoisotopic (exact) mass is 473 g/mol. The molecule has 5 rings (SSSR count). The Morgan fingerprint density at radius 3 is 2.37 bits per heavy atom. The highest BCUT2D eigenvalue weighted by Gasteiger charge is 2.48. The van der Waals surface area contributed by atoms with Gasteiger partial charge >= 0.3 is 0 Å². The molecule has 7 heteroatoms. The minimum Gasteiger partial charge on any atom is -0.506 e. The van der Waals surface area contributed by atoms with E-state index in [4.69, 9.17) is 14.2 Å². The molecule has 2 aliphatic rings. The molecule has 3 aromatic carbocycles. The molecular formula is C28H27NO6. The highest BCUT2D eigenvalue weighted by molar-refractivity contribution is 6.46. The number of fused-ring (bicyclic) bond motifs is 1. The standard InChI is InChI=1S/C28H27NO6/c1-33-21-13-6-14-22(34-2)23(21)26(30)24-25(20-12-5-9-17-8-3-4-11-19(17)20)29(28(32)27(24)31)16-18-10-7-15-35-18/h3-6,8-9,11-14,18,25,30H,7,10,15-16H2,1-2H3/b26-24+. The summed E-state index contributed by atoms with van der Waals surface area (Å²) in [5.74, 6) is -1.06. The topological polar surface area (TPSA) is 85.3 Å². The third kappa shape index (κ3) is 3.91. The number of nitrogens with zero attached hydrogens (tertiary/aromatic N) is 1. The average molecular weight is 474 g/mol. The maximum Gasteiger partial charge on any atom is 0.295 e. The third-order valence-electron chi connectivity index (χ3n) is 6.75. The second-order valence-electron chi connectivity index (χ2n) is 8.69. The first-order valence-electron chi connectivity index (χ1n) is 11.6. The number of aliphatic hydroxyl groups excluding tert-OH is 1. The molecule has 180 valence electrons. The smallest absolute Gasteiger partial charge is 0.295 e. The van der Waals surface area contributed by atoms with E-state index in [0.717, 1.165) is 29.2 Å². The first-order valence-corrected chi connectivity index (χ1v) is 11.6. The summed E-state index contributed by atoms with van der Waals surface area (Å²) in [6.07, 6.45) is 1.56. The van der Waals surface area contributed by atoms with Crippen LogP contribution >= 0.6 is 0 Å². The highest BCUT2D eigenvalue weighted by Crippen LogP contribution is 2.45. The van der Waals surface area contributed by atoms with Crippen molar-refractivity contribution in [2.45, 2.75) is 25.0 Å². The molecule has 1 N–H and O–H groups in total. The lowest BCUT2D eigenvalue weighted by Crippen LogP contribution is -2.36. The number of carbonyl (C=O) groups excluding carboxylic acids is 2. The molecule has 2 saturated heterocycles. The summed E-state index contributed by atoms with van der Waals surface area (Å²) < 4.78 is 16.7. The van der Waals surface area contributed by atoms with Crippen LogP contribution in [0.1, 0.15) is 30.0 Å². The molecule has 2 aliphatic heterocycles. The lowest BCUT2D eigenvalue weighted by molar-refractivity contribution is -0.140. The minimum absolute atomic E-state index is 0.00662. The maximum absolute atomic E-state index is 13.5. The van der Waals surface area contributed by atoms with E-state index in [9.17, 15) is 14.7 Å². The highest BCUT2D eigenvalue weighted by atomic mass is 16.5. The van der Waals surface area contributed by atoms with Crippen molar-refractivity contribution in [3.8, 4) is 11.5 Å². The van der Waals surface area contributed by atoms with Crippen LogP contribution in [-0.4, -0.2) is 55.2 Å². The van der Waals surface area contributed by atoms with Crippen LogP contribution in [0.2, 0.25) is 0 Å². The van der Waals surface area contributed by atoms with E-state index < -0.39 is 17.7 Å². The van der Waals surface area contributed by atoms with Crippen LogP contribution in [0.15, 0.2) is 66.2 Å². The van der Waals surface area contributed by atoms with Crippen molar-refractivity contribution in [3.63, 3.8) is 0 Å². The van der Waals surface area contributed by atoms with E-state index >= 15 is 0 Å². The molecule has 2 fully saturated rings. The van der Waals surface area contributed by atoms with Gasteiger partial charge in [0, 0.05) is 13.2 Å². The van der Waals surface area contributed by atoms with Crippen molar-refractivity contribution in [1.82, 2.24) is 4.90 Å². The van der Waals surface area contributed by atoms with Crippen molar-refractivity contribution in [3.05, 3.63) is 77.4 Å². The summed E-state index contributed by atoms with van der Waals surface area (Å²) in [4.78, 5) is 28.4. The van der Waals surface area contributed by atoms with Gasteiger partial charge in [-0.15, -0.1) is 0 Å². The van der Waals surface area contributed by atoms with Gasteiger partial charge in [0.25, 0.3) is 11.7 Å². The van der Waals surface area contributed by atoms with Gasteiger partial charge in [0.15, 0.2) is 0 Å². The van der Waals surface area contributed by atoms with Crippen LogP contribution in [0.5, 0.6) is 11.5 Å². The number of ether oxygens (including phenoxy) is 3. The van der Waals surface area contributed by atoms with E-state index in [1.807, 2.05) is 42.5 Å². The molecule has 0 bridgehead atoms. The van der Waals surface area contributed by atoms with Gasteiger partial charge in [0.1, 0.15) is 22.8 Å². The second kappa shape index (κ2) is 9.43. The van der Waals surface area contributed by atoms with E-state index in [1.165, 1.54) is 19.1 Å². The first-order chi connectivity index (χ1) is 17.0. The van der Waals surface area contributed by atoms with E-state index in [-0.39, 0.29) is 29.5 Å². The van der Waals surface area contributed by atoms with Gasteiger partial charge in [-0.1, -0.05) is 48.5 Å². The molecule has 0 aliphatic carbocycles. The largest absolute Gasteiger partial charge is 0.506 e. The minimum atomic E-state index is -0.792. The Morgan fingerprint density at radius 1 is 1.00 bits per heavy atom. The number of Topliss-reactive ketones (excluding diaryl/α,β-unsaturated/α-hetero) is 1. The number of aliphatic hydroxyl groups is 1. The molecule has 0 radical (unpaired) electrons. The molecule has 2 atom stereocenters. The number of ketones is 1. The Hall–Kier alpha value is -3.84. The fourth-order valence-corrected chi connectivity index (χ4v) is 5.11. The third-order valence-corrected chi connectivity index (χ3v) is 6.75.